The zero-order chi connectivity index (χ0) is 9.84. The van der Waals surface area contributed by atoms with Crippen LogP contribution in [0.1, 0.15) is 46.2 Å². The second-order valence-electron chi connectivity index (χ2n) is 3.23. The van der Waals surface area contributed by atoms with Crippen molar-refractivity contribution in [3.05, 3.63) is 41.5 Å². The van der Waals surface area contributed by atoms with E-state index in [2.05, 4.69) is 44.2 Å². The lowest BCUT2D eigenvalue weighted by atomic mass is 10.0. The van der Waals surface area contributed by atoms with Gasteiger partial charge in [-0.05, 0) is 23.6 Å². The van der Waals surface area contributed by atoms with Crippen LogP contribution in [-0.2, 0) is 0 Å². The van der Waals surface area contributed by atoms with Crippen molar-refractivity contribution < 1.29 is 1.43 Å². The lowest BCUT2D eigenvalue weighted by Crippen LogP contribution is -1.85. The van der Waals surface area contributed by atoms with Crippen LogP contribution < -0.4 is 0 Å². The fraction of sp³-hybridized carbons (Fsp3) is 0.385. The molecule has 0 aromatic heterocycles. The molecule has 1 aliphatic carbocycles. The fourth-order valence-electron chi connectivity index (χ4n) is 1.81. The van der Waals surface area contributed by atoms with Crippen molar-refractivity contribution in [2.24, 2.45) is 0 Å². The zero-order valence-electron chi connectivity index (χ0n) is 8.96. The number of allylic oxidation sites excluding steroid dienone is 2. The molecule has 0 heterocycles. The minimum Gasteiger partial charge on any atom is -0.0737 e. The third-order valence-electron chi connectivity index (χ3n) is 2.38. The Bertz CT molecular complexity index is 313. The molecule has 13 heavy (non-hydrogen) atoms. The molecule has 1 aromatic carbocycles. The van der Waals surface area contributed by atoms with E-state index < -0.39 is 0 Å². The molecule has 0 amide bonds. The third kappa shape index (κ3) is 1.82. The van der Waals surface area contributed by atoms with Gasteiger partial charge in [-0.3, -0.25) is 0 Å². The van der Waals surface area contributed by atoms with Crippen LogP contribution in [0.25, 0.3) is 5.57 Å². The van der Waals surface area contributed by atoms with Crippen molar-refractivity contribution >= 4 is 5.57 Å². The van der Waals surface area contributed by atoms with E-state index in [-0.39, 0.29) is 1.43 Å². The highest BCUT2D eigenvalue weighted by Gasteiger charge is 2.15. The summed E-state index contributed by atoms with van der Waals surface area (Å²) in [5.74, 6) is 0.617. The van der Waals surface area contributed by atoms with Crippen LogP contribution in [0.15, 0.2) is 30.3 Å². The molecule has 1 atom stereocenters. The smallest absolute Gasteiger partial charge is 0.000152 e. The summed E-state index contributed by atoms with van der Waals surface area (Å²) in [7, 11) is 0. The molecule has 1 aliphatic rings. The van der Waals surface area contributed by atoms with E-state index in [1.165, 1.54) is 16.7 Å². The molecule has 0 aliphatic heterocycles. The number of rotatable bonds is 0. The highest BCUT2D eigenvalue weighted by Crippen LogP contribution is 2.34. The van der Waals surface area contributed by atoms with Gasteiger partial charge >= 0.3 is 0 Å². The van der Waals surface area contributed by atoms with Gasteiger partial charge in [0, 0.05) is 7.34 Å². The summed E-state index contributed by atoms with van der Waals surface area (Å²) in [5, 5.41) is 0. The SMILES string of the molecule is CC.CC1=CC(C)c2ccccc21.[HH]. The van der Waals surface area contributed by atoms with Crippen molar-refractivity contribution in [3.63, 3.8) is 0 Å². The summed E-state index contributed by atoms with van der Waals surface area (Å²) >= 11 is 0. The lowest BCUT2D eigenvalue weighted by molar-refractivity contribution is 0.990. The van der Waals surface area contributed by atoms with Crippen LogP contribution in [-0.4, -0.2) is 0 Å². The Kier molecular flexibility index (Phi) is 3.30. The summed E-state index contributed by atoms with van der Waals surface area (Å²) in [4.78, 5) is 0. The summed E-state index contributed by atoms with van der Waals surface area (Å²) in [5.41, 5.74) is 4.33. The van der Waals surface area contributed by atoms with Gasteiger partial charge in [0.15, 0.2) is 0 Å². The van der Waals surface area contributed by atoms with Crippen LogP contribution in [0.5, 0.6) is 0 Å². The van der Waals surface area contributed by atoms with Crippen LogP contribution in [0, 0.1) is 0 Å². The minimum absolute atomic E-state index is 0. The van der Waals surface area contributed by atoms with Crippen molar-refractivity contribution in [2.45, 2.75) is 33.6 Å². The van der Waals surface area contributed by atoms with E-state index in [1.807, 2.05) is 13.8 Å². The maximum atomic E-state index is 2.32. The van der Waals surface area contributed by atoms with Gasteiger partial charge in [-0.15, -0.1) is 0 Å². The van der Waals surface area contributed by atoms with Crippen molar-refractivity contribution in [3.8, 4) is 0 Å². The van der Waals surface area contributed by atoms with Gasteiger partial charge in [0.1, 0.15) is 0 Å². The number of fused-ring (bicyclic) bond motifs is 1. The van der Waals surface area contributed by atoms with Gasteiger partial charge in [-0.25, -0.2) is 0 Å². The molecule has 1 aromatic rings. The average Bonchev–Trinajstić information content (AvgIpc) is 2.47. The Labute approximate surface area is 82.8 Å². The first kappa shape index (κ1) is 10.0. The van der Waals surface area contributed by atoms with Gasteiger partial charge in [0.2, 0.25) is 0 Å². The average molecular weight is 176 g/mol. The number of hydrogen-bond acceptors (Lipinski definition) is 0. The molecule has 2 rings (SSSR count). The normalized spacial score (nSPS) is 18.5. The maximum Gasteiger partial charge on any atom is 0.000152 e. The van der Waals surface area contributed by atoms with Crippen LogP contribution in [0.3, 0.4) is 0 Å². The Morgan fingerprint density at radius 2 is 1.77 bits per heavy atom. The molecule has 0 saturated heterocycles. The molecular weight excluding hydrogens is 156 g/mol. The van der Waals surface area contributed by atoms with Crippen molar-refractivity contribution in [1.29, 1.82) is 0 Å². The first-order chi connectivity index (χ1) is 6.29. The molecule has 1 unspecified atom stereocenters. The molecule has 0 bridgehead atoms. The monoisotopic (exact) mass is 176 g/mol. The Morgan fingerprint density at radius 3 is 2.38 bits per heavy atom. The maximum absolute atomic E-state index is 2.32. The standard InChI is InChI=1S/C11H12.C2H6.H2/c1-8-7-9(2)11-6-4-3-5-10(8)11;1-2;/h3-8H,1-2H3;1-2H3;1H. The molecular formula is C13H20. The van der Waals surface area contributed by atoms with Gasteiger partial charge in [0.25, 0.3) is 0 Å². The van der Waals surface area contributed by atoms with Gasteiger partial charge in [-0.1, -0.05) is 51.1 Å². The molecule has 0 saturated carbocycles. The largest absolute Gasteiger partial charge is 0.0737 e. The molecule has 0 fully saturated rings. The number of benzene rings is 1. The highest BCUT2D eigenvalue weighted by atomic mass is 14.2. The molecule has 0 N–H and O–H groups in total. The van der Waals surface area contributed by atoms with Gasteiger partial charge in [0.05, 0.1) is 0 Å². The van der Waals surface area contributed by atoms with E-state index in [0.717, 1.165) is 0 Å². The number of hydrogen-bond donors (Lipinski definition) is 0. The van der Waals surface area contributed by atoms with E-state index >= 15 is 0 Å². The molecule has 0 nitrogen and oxygen atoms in total. The van der Waals surface area contributed by atoms with Crippen molar-refractivity contribution in [1.82, 2.24) is 0 Å². The van der Waals surface area contributed by atoms with E-state index in [9.17, 15) is 0 Å². The van der Waals surface area contributed by atoms with Gasteiger partial charge < -0.3 is 0 Å². The highest BCUT2D eigenvalue weighted by molar-refractivity contribution is 5.72. The summed E-state index contributed by atoms with van der Waals surface area (Å²) in [6.45, 7) is 8.43. The first-order valence-corrected chi connectivity index (χ1v) is 5.07. The zero-order valence-corrected chi connectivity index (χ0v) is 8.96. The fourth-order valence-corrected chi connectivity index (χ4v) is 1.81. The molecule has 72 valence electrons. The Hall–Kier alpha value is -1.04. The van der Waals surface area contributed by atoms with Crippen LogP contribution in [0.2, 0.25) is 0 Å². The second-order valence-corrected chi connectivity index (χ2v) is 3.23. The minimum atomic E-state index is 0. The van der Waals surface area contributed by atoms with Crippen molar-refractivity contribution in [2.75, 3.05) is 0 Å². The Balaban J connectivity index is 0.000000531. The predicted octanol–water partition coefficient (Wildman–Crippen LogP) is 4.48. The van der Waals surface area contributed by atoms with E-state index in [0.29, 0.717) is 5.92 Å². The summed E-state index contributed by atoms with van der Waals surface area (Å²) in [6.07, 6.45) is 2.32. The van der Waals surface area contributed by atoms with Crippen LogP contribution >= 0.6 is 0 Å². The molecule has 0 heteroatoms. The lowest BCUT2D eigenvalue weighted by Gasteiger charge is -2.02. The summed E-state index contributed by atoms with van der Waals surface area (Å²) < 4.78 is 0. The van der Waals surface area contributed by atoms with E-state index in [4.69, 9.17) is 0 Å². The topological polar surface area (TPSA) is 0 Å². The molecule has 0 spiro atoms. The third-order valence-corrected chi connectivity index (χ3v) is 2.38. The Morgan fingerprint density at radius 1 is 1.15 bits per heavy atom. The first-order valence-electron chi connectivity index (χ1n) is 5.07. The van der Waals surface area contributed by atoms with E-state index in [1.54, 1.807) is 0 Å². The predicted molar refractivity (Wildman–Crippen MR) is 62.0 cm³/mol. The molecule has 0 radical (unpaired) electrons. The van der Waals surface area contributed by atoms with Crippen LogP contribution in [0.4, 0.5) is 0 Å². The van der Waals surface area contributed by atoms with Gasteiger partial charge in [-0.2, -0.15) is 0 Å². The quantitative estimate of drug-likeness (QED) is 0.546. The summed E-state index contributed by atoms with van der Waals surface area (Å²) in [6, 6.07) is 8.63. The second kappa shape index (κ2) is 4.27.